The van der Waals surface area contributed by atoms with Gasteiger partial charge in [0.1, 0.15) is 5.56 Å². The van der Waals surface area contributed by atoms with Crippen LogP contribution in [-0.2, 0) is 26.6 Å². The van der Waals surface area contributed by atoms with Crippen molar-refractivity contribution in [1.29, 1.82) is 0 Å². The zero-order valence-corrected chi connectivity index (χ0v) is 21.1. The van der Waals surface area contributed by atoms with Gasteiger partial charge in [-0.2, -0.15) is 31.4 Å². The lowest BCUT2D eigenvalue weighted by Crippen LogP contribution is -2.51. The van der Waals surface area contributed by atoms with E-state index in [1.165, 1.54) is 4.90 Å². The Balaban J connectivity index is 1.25. The summed E-state index contributed by atoms with van der Waals surface area (Å²) >= 11 is 0. The summed E-state index contributed by atoms with van der Waals surface area (Å²) in [5.41, 5.74) is -4.16. The molecule has 2 aromatic heterocycles. The van der Waals surface area contributed by atoms with Crippen molar-refractivity contribution in [2.75, 3.05) is 62.8 Å². The average Bonchev–Trinajstić information content (AvgIpc) is 3.42. The highest BCUT2D eigenvalue weighted by Gasteiger charge is 2.39. The van der Waals surface area contributed by atoms with Gasteiger partial charge in [-0.05, 0) is 12.8 Å². The largest absolute Gasteiger partial charge is 0.423 e. The molecule has 11 nitrogen and oxygen atoms in total. The van der Waals surface area contributed by atoms with Crippen molar-refractivity contribution >= 4 is 17.5 Å². The molecular weight excluding hydrogens is 552 g/mol. The Morgan fingerprint density at radius 2 is 1.85 bits per heavy atom. The number of aromatic amines is 1. The van der Waals surface area contributed by atoms with Crippen LogP contribution in [0.1, 0.15) is 24.0 Å². The number of halogens is 6. The second-order valence-electron chi connectivity index (χ2n) is 9.38. The maximum atomic E-state index is 13.4. The van der Waals surface area contributed by atoms with E-state index < -0.39 is 40.8 Å². The molecule has 4 heterocycles. The third-order valence-electron chi connectivity index (χ3n) is 6.58. The quantitative estimate of drug-likeness (QED) is 0.322. The van der Waals surface area contributed by atoms with E-state index in [4.69, 9.17) is 9.47 Å². The first kappa shape index (κ1) is 29.7. The molecule has 0 bridgehead atoms. The number of rotatable bonds is 10. The Kier molecular flexibility index (Phi) is 9.25. The number of nitrogens with zero attached hydrogens (tertiary/aromatic N) is 5. The Hall–Kier alpha value is -3.31. The number of nitrogens with one attached hydrogen (secondary N) is 2. The maximum Gasteiger partial charge on any atom is 0.423 e. The van der Waals surface area contributed by atoms with E-state index in [-0.39, 0.29) is 44.1 Å². The van der Waals surface area contributed by atoms with Gasteiger partial charge in [-0.25, -0.2) is 15.1 Å². The van der Waals surface area contributed by atoms with Crippen LogP contribution >= 0.6 is 0 Å². The van der Waals surface area contributed by atoms with Crippen LogP contribution in [0.15, 0.2) is 23.4 Å². The highest BCUT2D eigenvalue weighted by atomic mass is 19.4. The molecule has 2 N–H and O–H groups in total. The first-order valence-corrected chi connectivity index (χ1v) is 12.4. The Bertz CT molecular complexity index is 1200. The molecule has 4 rings (SSSR count). The van der Waals surface area contributed by atoms with E-state index in [1.54, 1.807) is 5.10 Å². The number of amides is 1. The van der Waals surface area contributed by atoms with Gasteiger partial charge in [0.2, 0.25) is 11.9 Å². The first-order valence-electron chi connectivity index (χ1n) is 12.4. The van der Waals surface area contributed by atoms with Crippen LogP contribution in [0.3, 0.4) is 0 Å². The van der Waals surface area contributed by atoms with Gasteiger partial charge in [-0.1, -0.05) is 0 Å². The lowest BCUT2D eigenvalue weighted by atomic mass is 9.99. The number of H-pyrrole nitrogens is 1. The molecule has 2 fully saturated rings. The molecule has 0 unspecified atom stereocenters. The van der Waals surface area contributed by atoms with Crippen molar-refractivity contribution < 1.29 is 40.6 Å². The minimum Gasteiger partial charge on any atom is -0.381 e. The van der Waals surface area contributed by atoms with E-state index in [2.05, 4.69) is 20.4 Å². The van der Waals surface area contributed by atoms with Gasteiger partial charge in [-0.3, -0.25) is 19.4 Å². The highest BCUT2D eigenvalue weighted by molar-refractivity contribution is 5.93. The number of alkyl halides is 6. The predicted octanol–water partition coefficient (Wildman–Crippen LogP) is 2.17. The predicted molar refractivity (Wildman–Crippen MR) is 127 cm³/mol. The van der Waals surface area contributed by atoms with Crippen molar-refractivity contribution in [3.63, 3.8) is 0 Å². The summed E-state index contributed by atoms with van der Waals surface area (Å²) in [4.78, 5) is 34.7. The van der Waals surface area contributed by atoms with Gasteiger partial charge in [0.25, 0.3) is 5.56 Å². The molecule has 0 saturated carbocycles. The van der Waals surface area contributed by atoms with Crippen molar-refractivity contribution in [3.05, 3.63) is 40.1 Å². The minimum atomic E-state index is -4.88. The van der Waals surface area contributed by atoms with Crippen LogP contribution < -0.4 is 15.8 Å². The fourth-order valence-corrected chi connectivity index (χ4v) is 4.49. The Morgan fingerprint density at radius 1 is 1.10 bits per heavy atom. The number of piperazine rings is 1. The van der Waals surface area contributed by atoms with E-state index in [0.717, 1.165) is 6.20 Å². The molecular formula is C23H27F6N7O4. The molecule has 17 heteroatoms. The summed E-state index contributed by atoms with van der Waals surface area (Å²) in [6.45, 7) is 2.23. The number of carbonyl (C=O) groups excluding carboxylic acids is 1. The molecule has 0 radical (unpaired) electrons. The van der Waals surface area contributed by atoms with Gasteiger partial charge in [0.15, 0.2) is 0 Å². The molecule has 2 aromatic rings. The Labute approximate surface area is 223 Å². The molecule has 0 aromatic carbocycles. The SMILES string of the molecule is O=C1CN(CCCOC[C@@H](Nc2cn[nH]c(=O)c2C(F)(F)F)[C@H]2CCOC2)CCN1c1ncc(C(F)(F)F)cn1. The summed E-state index contributed by atoms with van der Waals surface area (Å²) in [7, 11) is 0. The highest BCUT2D eigenvalue weighted by Crippen LogP contribution is 2.33. The maximum absolute atomic E-state index is 13.4. The van der Waals surface area contributed by atoms with Crippen LogP contribution in [0.25, 0.3) is 0 Å². The molecule has 220 valence electrons. The standard InChI is InChI=1S/C23H27F6N7O4/c24-22(25,26)15-8-30-21(31-9-15)36-5-4-35(11-18(36)37)3-1-6-39-13-17(14-2-7-40-12-14)33-16-10-32-34-20(38)19(16)23(27,28)29/h8-10,14,17H,1-7,11-13H2,(H2,33,34,38)/t14-,17+/m0/s1. The van der Waals surface area contributed by atoms with Gasteiger partial charge in [0.05, 0.1) is 43.2 Å². The number of ether oxygens (including phenoxy) is 2. The fraction of sp³-hybridized carbons (Fsp3) is 0.609. The van der Waals surface area contributed by atoms with E-state index in [1.807, 2.05) is 4.90 Å². The van der Waals surface area contributed by atoms with Crippen LogP contribution in [0.4, 0.5) is 38.0 Å². The number of hydrogen-bond acceptors (Lipinski definition) is 9. The van der Waals surface area contributed by atoms with Crippen molar-refractivity contribution in [1.82, 2.24) is 25.1 Å². The smallest absolute Gasteiger partial charge is 0.381 e. The molecule has 2 aliphatic heterocycles. The summed E-state index contributed by atoms with van der Waals surface area (Å²) in [6.07, 6.45) is -6.15. The van der Waals surface area contributed by atoms with Crippen LogP contribution in [-0.4, -0.2) is 89.6 Å². The van der Waals surface area contributed by atoms with Crippen molar-refractivity contribution in [2.24, 2.45) is 5.92 Å². The molecule has 0 spiro atoms. The zero-order chi connectivity index (χ0) is 28.9. The average molecular weight is 580 g/mol. The van der Waals surface area contributed by atoms with Crippen molar-refractivity contribution in [2.45, 2.75) is 31.2 Å². The molecule has 2 aliphatic rings. The van der Waals surface area contributed by atoms with Crippen LogP contribution in [0, 0.1) is 5.92 Å². The van der Waals surface area contributed by atoms with E-state index >= 15 is 0 Å². The van der Waals surface area contributed by atoms with Gasteiger partial charge in [-0.15, -0.1) is 0 Å². The number of aromatic nitrogens is 4. The van der Waals surface area contributed by atoms with Crippen LogP contribution in [0.5, 0.6) is 0 Å². The monoisotopic (exact) mass is 579 g/mol. The third kappa shape index (κ3) is 7.45. The van der Waals surface area contributed by atoms with E-state index in [0.29, 0.717) is 51.5 Å². The number of hydrogen-bond donors (Lipinski definition) is 2. The van der Waals surface area contributed by atoms with Gasteiger partial charge >= 0.3 is 12.4 Å². The number of anilines is 2. The van der Waals surface area contributed by atoms with Gasteiger partial charge < -0.3 is 14.8 Å². The lowest BCUT2D eigenvalue weighted by molar-refractivity contribution is -0.139. The molecule has 0 aliphatic carbocycles. The molecule has 2 atom stereocenters. The minimum absolute atomic E-state index is 0.0176. The molecule has 1 amide bonds. The van der Waals surface area contributed by atoms with E-state index in [9.17, 15) is 35.9 Å². The fourth-order valence-electron chi connectivity index (χ4n) is 4.49. The normalized spacial score (nSPS) is 19.7. The molecule has 40 heavy (non-hydrogen) atoms. The summed E-state index contributed by atoms with van der Waals surface area (Å²) in [5, 5.41) is 8.06. The van der Waals surface area contributed by atoms with Crippen LogP contribution in [0.2, 0.25) is 0 Å². The van der Waals surface area contributed by atoms with Gasteiger partial charge in [0, 0.05) is 51.2 Å². The lowest BCUT2D eigenvalue weighted by Gasteiger charge is -2.33. The first-order chi connectivity index (χ1) is 18.9. The number of carbonyl (C=O) groups is 1. The third-order valence-corrected chi connectivity index (χ3v) is 6.58. The summed E-state index contributed by atoms with van der Waals surface area (Å²) < 4.78 is 89.6. The molecule has 2 saturated heterocycles. The topological polar surface area (TPSA) is 126 Å². The second-order valence-corrected chi connectivity index (χ2v) is 9.38. The second kappa shape index (κ2) is 12.5. The Morgan fingerprint density at radius 3 is 2.48 bits per heavy atom. The summed E-state index contributed by atoms with van der Waals surface area (Å²) in [5.74, 6) is -0.595. The van der Waals surface area contributed by atoms with Crippen molar-refractivity contribution in [3.8, 4) is 0 Å². The zero-order valence-electron chi connectivity index (χ0n) is 21.1. The summed E-state index contributed by atoms with van der Waals surface area (Å²) in [6, 6.07) is -0.568.